The van der Waals surface area contributed by atoms with Gasteiger partial charge in [-0.05, 0) is 56.7 Å². The number of ether oxygens (including phenoxy) is 1. The van der Waals surface area contributed by atoms with Crippen LogP contribution in [0.5, 0.6) is 0 Å². The van der Waals surface area contributed by atoms with Gasteiger partial charge in [-0.25, -0.2) is 13.6 Å². The van der Waals surface area contributed by atoms with Crippen LogP contribution >= 0.6 is 0 Å². The Hall–Kier alpha value is -0.693. The maximum absolute atomic E-state index is 13.5. The first-order valence-corrected chi connectivity index (χ1v) is 14.3. The number of carbonyl (C=O) groups is 1. The normalized spacial score (nSPS) is 17.9. The third-order valence-corrected chi connectivity index (χ3v) is 10.9. The summed E-state index contributed by atoms with van der Waals surface area (Å²) in [4.78, 5) is 14.2. The van der Waals surface area contributed by atoms with Crippen LogP contribution in [-0.2, 0) is 9.16 Å². The number of unbranched alkanes of at least 4 members (excludes halogenated alkanes) is 3. The summed E-state index contributed by atoms with van der Waals surface area (Å²) < 4.78 is 38.6. The van der Waals surface area contributed by atoms with Crippen molar-refractivity contribution in [1.29, 1.82) is 0 Å². The molecule has 0 radical (unpaired) electrons. The van der Waals surface area contributed by atoms with E-state index in [9.17, 15) is 13.6 Å². The number of hydrogen-bond donors (Lipinski definition) is 0. The number of amides is 1. The molecule has 1 fully saturated rings. The number of carbonyl (C=O) groups excluding carboxylic acids is 1. The molecule has 29 heavy (non-hydrogen) atoms. The second-order valence-corrected chi connectivity index (χ2v) is 14.7. The lowest BCUT2D eigenvalue weighted by molar-refractivity contribution is -0.0529. The van der Waals surface area contributed by atoms with Gasteiger partial charge in [-0.3, -0.25) is 0 Å². The fraction of sp³-hybridized carbons (Fsp3) is 0.955. The maximum Gasteiger partial charge on any atom is 0.410 e. The predicted octanol–water partition coefficient (Wildman–Crippen LogP) is 7.00. The molecular weight excluding hydrogens is 392 g/mol. The third-order valence-electron chi connectivity index (χ3n) is 6.40. The molecule has 1 saturated carbocycles. The zero-order valence-corrected chi connectivity index (χ0v) is 20.5. The third kappa shape index (κ3) is 9.32. The van der Waals surface area contributed by atoms with Crippen molar-refractivity contribution in [3.8, 4) is 0 Å². The lowest BCUT2D eigenvalue weighted by Gasteiger charge is -2.36. The Bertz CT molecular complexity index is 485. The van der Waals surface area contributed by atoms with Crippen LogP contribution in [0.2, 0.25) is 18.1 Å². The Labute approximate surface area is 177 Å². The topological polar surface area (TPSA) is 38.8 Å². The molecule has 172 valence electrons. The van der Waals surface area contributed by atoms with Gasteiger partial charge in [-0.2, -0.15) is 0 Å². The number of nitrogens with zero attached hydrogens (tertiary/aromatic N) is 1. The summed E-state index contributed by atoms with van der Waals surface area (Å²) in [5.41, 5.74) is 0. The van der Waals surface area contributed by atoms with E-state index in [4.69, 9.17) is 9.16 Å². The Morgan fingerprint density at radius 1 is 1.07 bits per heavy atom. The fourth-order valence-corrected chi connectivity index (χ4v) is 4.34. The van der Waals surface area contributed by atoms with E-state index in [1.807, 2.05) is 6.92 Å². The molecule has 0 bridgehead atoms. The molecule has 0 atom stereocenters. The highest BCUT2D eigenvalue weighted by Gasteiger charge is 2.39. The van der Waals surface area contributed by atoms with Gasteiger partial charge in [-0.15, -0.1) is 0 Å². The molecule has 7 heteroatoms. The molecule has 1 amide bonds. The Morgan fingerprint density at radius 2 is 1.69 bits per heavy atom. The van der Waals surface area contributed by atoms with E-state index < -0.39 is 14.2 Å². The summed E-state index contributed by atoms with van der Waals surface area (Å²) in [5, 5.41) is 0.203. The highest BCUT2D eigenvalue weighted by molar-refractivity contribution is 6.74. The SMILES string of the molecule is CCCCOC(=O)N(CCCCCO[Si](C)(C)C(C)(C)C)C1CCC(F)(F)CC1. The molecule has 1 rings (SSSR count). The van der Waals surface area contributed by atoms with Gasteiger partial charge in [0.05, 0.1) is 6.61 Å². The zero-order chi connectivity index (χ0) is 22.1. The first kappa shape index (κ1) is 26.3. The number of alkyl halides is 2. The minimum absolute atomic E-state index is 0.132. The molecule has 0 aromatic rings. The van der Waals surface area contributed by atoms with Crippen LogP contribution in [0.4, 0.5) is 13.6 Å². The smallest absolute Gasteiger partial charge is 0.410 e. The highest BCUT2D eigenvalue weighted by atomic mass is 28.4. The maximum atomic E-state index is 13.5. The van der Waals surface area contributed by atoms with Crippen molar-refractivity contribution in [3.63, 3.8) is 0 Å². The quantitative estimate of drug-likeness (QED) is 0.259. The molecule has 0 N–H and O–H groups in total. The van der Waals surface area contributed by atoms with Gasteiger partial charge in [0.2, 0.25) is 5.92 Å². The minimum Gasteiger partial charge on any atom is -0.449 e. The number of hydrogen-bond acceptors (Lipinski definition) is 3. The van der Waals surface area contributed by atoms with E-state index in [0.717, 1.165) is 38.7 Å². The standard InChI is InChI=1S/C22H43F2NO3Si/c1-7-8-17-27-20(26)25(19-12-14-22(23,24)15-13-19)16-10-9-11-18-28-29(5,6)21(2,3)4/h19H,7-18H2,1-6H3. The number of halogens is 2. The average molecular weight is 436 g/mol. The molecule has 1 aliphatic rings. The van der Waals surface area contributed by atoms with Crippen molar-refractivity contribution < 1.29 is 22.7 Å². The van der Waals surface area contributed by atoms with Gasteiger partial charge >= 0.3 is 6.09 Å². The molecule has 0 aromatic heterocycles. The molecule has 0 spiro atoms. The van der Waals surface area contributed by atoms with Crippen LogP contribution in [-0.4, -0.2) is 51.0 Å². The average Bonchev–Trinajstić information content (AvgIpc) is 2.61. The van der Waals surface area contributed by atoms with Crippen LogP contribution in [0.15, 0.2) is 0 Å². The van der Waals surface area contributed by atoms with Crippen molar-refractivity contribution in [2.75, 3.05) is 19.8 Å². The molecule has 0 unspecified atom stereocenters. The van der Waals surface area contributed by atoms with Crippen molar-refractivity contribution in [2.24, 2.45) is 0 Å². The Balaban J connectivity index is 2.46. The molecule has 0 heterocycles. The lowest BCUT2D eigenvalue weighted by atomic mass is 9.91. The highest BCUT2D eigenvalue weighted by Crippen LogP contribution is 2.37. The molecule has 0 aliphatic heterocycles. The summed E-state index contributed by atoms with van der Waals surface area (Å²) >= 11 is 0. The van der Waals surface area contributed by atoms with E-state index in [0.29, 0.717) is 26.0 Å². The second kappa shape index (κ2) is 11.6. The lowest BCUT2D eigenvalue weighted by Crippen LogP contribution is -2.45. The first-order chi connectivity index (χ1) is 13.4. The van der Waals surface area contributed by atoms with Gasteiger partial charge in [0.1, 0.15) is 0 Å². The summed E-state index contributed by atoms with van der Waals surface area (Å²) in [7, 11) is -1.72. The molecular formula is C22H43F2NO3Si. The summed E-state index contributed by atoms with van der Waals surface area (Å²) in [6, 6.07) is -0.132. The number of rotatable bonds is 11. The molecule has 4 nitrogen and oxygen atoms in total. The van der Waals surface area contributed by atoms with Crippen LogP contribution in [0.3, 0.4) is 0 Å². The van der Waals surface area contributed by atoms with E-state index in [1.54, 1.807) is 4.90 Å². The van der Waals surface area contributed by atoms with Crippen molar-refractivity contribution in [3.05, 3.63) is 0 Å². The van der Waals surface area contributed by atoms with Crippen molar-refractivity contribution in [1.82, 2.24) is 4.90 Å². The van der Waals surface area contributed by atoms with E-state index in [1.165, 1.54) is 0 Å². The van der Waals surface area contributed by atoms with Gasteiger partial charge in [0, 0.05) is 32.0 Å². The molecule has 0 saturated heterocycles. The second-order valence-electron chi connectivity index (χ2n) is 9.92. The van der Waals surface area contributed by atoms with Gasteiger partial charge in [-0.1, -0.05) is 34.1 Å². The Morgan fingerprint density at radius 3 is 2.24 bits per heavy atom. The van der Waals surface area contributed by atoms with Crippen LogP contribution in [0, 0.1) is 0 Å². The predicted molar refractivity (Wildman–Crippen MR) is 117 cm³/mol. The minimum atomic E-state index is -2.59. The van der Waals surface area contributed by atoms with Crippen molar-refractivity contribution >= 4 is 14.4 Å². The first-order valence-electron chi connectivity index (χ1n) is 11.3. The van der Waals surface area contributed by atoms with Crippen molar-refractivity contribution in [2.45, 2.75) is 116 Å². The summed E-state index contributed by atoms with van der Waals surface area (Å²) in [6.45, 7) is 14.9. The summed E-state index contributed by atoms with van der Waals surface area (Å²) in [5.74, 6) is -2.59. The fourth-order valence-electron chi connectivity index (χ4n) is 3.25. The van der Waals surface area contributed by atoms with Crippen LogP contribution in [0.25, 0.3) is 0 Å². The summed E-state index contributed by atoms with van der Waals surface area (Å²) in [6.07, 6.45) is 4.61. The van der Waals surface area contributed by atoms with Gasteiger partial charge in [0.15, 0.2) is 8.32 Å². The molecule has 1 aliphatic carbocycles. The van der Waals surface area contributed by atoms with Gasteiger partial charge in [0.25, 0.3) is 0 Å². The monoisotopic (exact) mass is 435 g/mol. The van der Waals surface area contributed by atoms with Gasteiger partial charge < -0.3 is 14.1 Å². The van der Waals surface area contributed by atoms with E-state index >= 15 is 0 Å². The molecule has 0 aromatic carbocycles. The zero-order valence-electron chi connectivity index (χ0n) is 19.5. The largest absolute Gasteiger partial charge is 0.449 e. The van der Waals surface area contributed by atoms with Crippen LogP contribution < -0.4 is 0 Å². The van der Waals surface area contributed by atoms with E-state index in [-0.39, 0.29) is 30.0 Å². The Kier molecular flexibility index (Phi) is 10.6. The van der Waals surface area contributed by atoms with Crippen LogP contribution in [0.1, 0.15) is 85.5 Å². The van der Waals surface area contributed by atoms with E-state index in [2.05, 4.69) is 33.9 Å².